The lowest BCUT2D eigenvalue weighted by atomic mass is 10.00. The van der Waals surface area contributed by atoms with Crippen LogP contribution in [0.1, 0.15) is 66.1 Å². The summed E-state index contributed by atoms with van der Waals surface area (Å²) in [4.78, 5) is 13.3. The van der Waals surface area contributed by atoms with Gasteiger partial charge in [-0.15, -0.1) is 0 Å². The highest BCUT2D eigenvalue weighted by atomic mass is 32.2. The second-order valence-corrected chi connectivity index (χ2v) is 12.9. The Bertz CT molecular complexity index is 1440. The number of aliphatic hydroxyl groups excluding tert-OH is 1. The quantitative estimate of drug-likeness (QED) is 0.219. The molecule has 3 aromatic rings. The van der Waals surface area contributed by atoms with Gasteiger partial charge in [0.15, 0.2) is 0 Å². The smallest absolute Gasteiger partial charge is 0.251 e. The van der Waals surface area contributed by atoms with Crippen molar-refractivity contribution in [1.82, 2.24) is 10.6 Å². The molecule has 7 nitrogen and oxygen atoms in total. The average Bonchev–Trinajstić information content (AvgIpc) is 2.96. The van der Waals surface area contributed by atoms with E-state index in [2.05, 4.69) is 28.3 Å². The van der Waals surface area contributed by atoms with Gasteiger partial charge in [0.1, 0.15) is 11.6 Å². The third-order valence-corrected chi connectivity index (χ3v) is 9.49. The number of benzene rings is 3. The maximum Gasteiger partial charge on any atom is 0.251 e. The molecule has 1 aliphatic carbocycles. The maximum absolute atomic E-state index is 13.9. The second-order valence-electron chi connectivity index (χ2n) is 10.9. The van der Waals surface area contributed by atoms with E-state index in [9.17, 15) is 27.1 Å². The molecule has 0 heterocycles. The van der Waals surface area contributed by atoms with Gasteiger partial charge >= 0.3 is 0 Å². The molecule has 0 radical (unpaired) electrons. The maximum atomic E-state index is 13.9. The van der Waals surface area contributed by atoms with E-state index < -0.39 is 45.0 Å². The lowest BCUT2D eigenvalue weighted by Crippen LogP contribution is -2.48. The van der Waals surface area contributed by atoms with Crippen LogP contribution >= 0.6 is 0 Å². The van der Waals surface area contributed by atoms with Gasteiger partial charge in [-0.25, -0.2) is 17.2 Å². The summed E-state index contributed by atoms with van der Waals surface area (Å²) in [6.07, 6.45) is 3.75. The summed E-state index contributed by atoms with van der Waals surface area (Å²) in [6.45, 7) is 2.67. The van der Waals surface area contributed by atoms with Crippen LogP contribution in [0.3, 0.4) is 0 Å². The summed E-state index contributed by atoms with van der Waals surface area (Å²) in [5.41, 5.74) is 2.97. The van der Waals surface area contributed by atoms with Crippen molar-refractivity contribution in [2.75, 3.05) is 11.3 Å². The van der Waals surface area contributed by atoms with E-state index in [1.54, 1.807) is 12.1 Å². The molecule has 4 N–H and O–H groups in total. The largest absolute Gasteiger partial charge is 0.390 e. The van der Waals surface area contributed by atoms with Crippen molar-refractivity contribution in [3.63, 3.8) is 0 Å². The molecular weight excluding hydrogens is 560 g/mol. The molecule has 42 heavy (non-hydrogen) atoms. The van der Waals surface area contributed by atoms with E-state index in [-0.39, 0.29) is 29.8 Å². The number of aliphatic hydroxyl groups is 1. The molecule has 0 spiro atoms. The number of carbonyl (C=O) groups is 1. The lowest BCUT2D eigenvalue weighted by molar-refractivity contribution is 0.0830. The van der Waals surface area contributed by atoms with Crippen molar-refractivity contribution in [2.24, 2.45) is 0 Å². The van der Waals surface area contributed by atoms with E-state index in [1.807, 2.05) is 18.2 Å². The van der Waals surface area contributed by atoms with Crippen molar-refractivity contribution < 1.29 is 27.1 Å². The molecule has 1 saturated carbocycles. The molecular formula is C32H39F2N3O4S. The summed E-state index contributed by atoms with van der Waals surface area (Å²) in [7, 11) is -3.60. The Kier molecular flexibility index (Phi) is 11.1. The molecule has 226 valence electrons. The molecule has 4 rings (SSSR count). The Hall–Kier alpha value is -3.34. The second kappa shape index (κ2) is 14.7. The van der Waals surface area contributed by atoms with E-state index in [4.69, 9.17) is 0 Å². The van der Waals surface area contributed by atoms with Crippen molar-refractivity contribution in [3.05, 3.63) is 101 Å². The fraction of sp³-hybridized carbons (Fsp3) is 0.406. The summed E-state index contributed by atoms with van der Waals surface area (Å²) in [5, 5.41) is 16.6. The van der Waals surface area contributed by atoms with Crippen LogP contribution in [0.5, 0.6) is 0 Å². The van der Waals surface area contributed by atoms with E-state index in [0.29, 0.717) is 19.4 Å². The molecule has 1 aliphatic rings. The zero-order chi connectivity index (χ0) is 30.1. The minimum absolute atomic E-state index is 0.0252. The molecule has 1 fully saturated rings. The van der Waals surface area contributed by atoms with Crippen LogP contribution in [0.4, 0.5) is 14.5 Å². The number of rotatable bonds is 13. The Morgan fingerprint density at radius 1 is 0.929 bits per heavy atom. The first-order valence-corrected chi connectivity index (χ1v) is 16.0. The molecule has 1 amide bonds. The van der Waals surface area contributed by atoms with Crippen molar-refractivity contribution in [2.45, 2.75) is 75.8 Å². The summed E-state index contributed by atoms with van der Waals surface area (Å²) < 4.78 is 56.2. The first-order chi connectivity index (χ1) is 20.1. The van der Waals surface area contributed by atoms with Crippen LogP contribution in [0, 0.1) is 11.6 Å². The van der Waals surface area contributed by atoms with E-state index >= 15 is 0 Å². The van der Waals surface area contributed by atoms with Gasteiger partial charge in [0.05, 0.1) is 17.4 Å². The van der Waals surface area contributed by atoms with Gasteiger partial charge in [-0.3, -0.25) is 9.52 Å². The molecule has 0 saturated heterocycles. The number of hydrogen-bond donors (Lipinski definition) is 4. The first kappa shape index (κ1) is 31.6. The monoisotopic (exact) mass is 599 g/mol. The van der Waals surface area contributed by atoms with Crippen molar-refractivity contribution in [1.29, 1.82) is 0 Å². The normalized spacial score (nSPS) is 15.6. The van der Waals surface area contributed by atoms with Crippen LogP contribution in [0.2, 0.25) is 0 Å². The Morgan fingerprint density at radius 2 is 1.62 bits per heavy atom. The first-order valence-electron chi connectivity index (χ1n) is 14.5. The van der Waals surface area contributed by atoms with Crippen LogP contribution in [-0.2, 0) is 29.4 Å². The highest BCUT2D eigenvalue weighted by Crippen LogP contribution is 2.25. The predicted octanol–water partition coefficient (Wildman–Crippen LogP) is 5.09. The fourth-order valence-electron chi connectivity index (χ4n) is 5.33. The number of anilines is 1. The van der Waals surface area contributed by atoms with E-state index in [1.165, 1.54) is 29.8 Å². The fourth-order valence-corrected chi connectivity index (χ4v) is 6.91. The molecule has 3 aromatic carbocycles. The molecule has 10 heteroatoms. The Labute approximate surface area is 246 Å². The van der Waals surface area contributed by atoms with Gasteiger partial charge in [-0.1, -0.05) is 56.5 Å². The number of halogens is 2. The molecule has 0 aromatic heterocycles. The number of carbonyl (C=O) groups excluding carboxylic acids is 1. The topological polar surface area (TPSA) is 108 Å². The Morgan fingerprint density at radius 3 is 2.33 bits per heavy atom. The minimum atomic E-state index is -3.60. The van der Waals surface area contributed by atoms with Crippen molar-refractivity contribution >= 4 is 21.6 Å². The number of aryl methyl sites for hydroxylation is 1. The molecule has 0 aliphatic heterocycles. The summed E-state index contributed by atoms with van der Waals surface area (Å²) in [6, 6.07) is 16.4. The van der Waals surface area contributed by atoms with Gasteiger partial charge in [0.25, 0.3) is 5.91 Å². The average molecular weight is 600 g/mol. The van der Waals surface area contributed by atoms with E-state index in [0.717, 1.165) is 37.3 Å². The number of nitrogens with one attached hydrogen (secondary N) is 3. The van der Waals surface area contributed by atoms with Crippen LogP contribution < -0.4 is 15.4 Å². The number of hydrogen-bond acceptors (Lipinski definition) is 5. The van der Waals surface area contributed by atoms with Gasteiger partial charge in [-0.05, 0) is 72.7 Å². The number of amides is 1. The number of sulfonamides is 1. The molecule has 0 unspecified atom stereocenters. The van der Waals surface area contributed by atoms with Gasteiger partial charge < -0.3 is 15.7 Å². The van der Waals surface area contributed by atoms with Crippen molar-refractivity contribution in [3.8, 4) is 0 Å². The predicted molar refractivity (Wildman–Crippen MR) is 161 cm³/mol. The summed E-state index contributed by atoms with van der Waals surface area (Å²) in [5.74, 6) is -2.06. The SMILES string of the molecule is CCc1cccc(CNC[C@H](O)[C@H](Cc2cc(F)cc(F)c2)NC(=O)c2cccc(NS(=O)(=O)C3CCCCC3)c2)c1. The molecule has 2 atom stereocenters. The molecule has 0 bridgehead atoms. The minimum Gasteiger partial charge on any atom is -0.390 e. The highest BCUT2D eigenvalue weighted by Gasteiger charge is 2.28. The van der Waals surface area contributed by atoms with Gasteiger partial charge in [0, 0.05) is 30.4 Å². The zero-order valence-corrected chi connectivity index (χ0v) is 24.6. The van der Waals surface area contributed by atoms with Gasteiger partial charge in [0.2, 0.25) is 10.0 Å². The third-order valence-electron chi connectivity index (χ3n) is 7.62. The summed E-state index contributed by atoms with van der Waals surface area (Å²) >= 11 is 0. The van der Waals surface area contributed by atoms with Crippen LogP contribution in [-0.4, -0.2) is 43.4 Å². The zero-order valence-electron chi connectivity index (χ0n) is 23.8. The standard InChI is InChI=1S/C32H39F2N3O4S/c1-2-22-8-6-9-23(14-22)20-35-21-31(38)30(17-24-15-26(33)19-27(34)16-24)36-32(39)25-10-7-11-28(18-25)37-42(40,41)29-12-4-3-5-13-29/h6-11,14-16,18-19,29-31,35,37-38H,2-5,12-13,17,20-21H2,1H3,(H,36,39)/t30-,31-/m0/s1. The Balaban J connectivity index is 1.46. The van der Waals surface area contributed by atoms with Crippen LogP contribution in [0.15, 0.2) is 66.7 Å². The highest BCUT2D eigenvalue weighted by molar-refractivity contribution is 7.93. The lowest BCUT2D eigenvalue weighted by Gasteiger charge is -2.25. The van der Waals surface area contributed by atoms with Gasteiger partial charge in [-0.2, -0.15) is 0 Å². The third kappa shape index (κ3) is 9.08. The van der Waals surface area contributed by atoms with Crippen LogP contribution in [0.25, 0.3) is 0 Å².